The summed E-state index contributed by atoms with van der Waals surface area (Å²) in [5.74, 6) is 15.9. The Morgan fingerprint density at radius 3 is 0.767 bits per heavy atom. The van der Waals surface area contributed by atoms with E-state index in [1.54, 1.807) is 0 Å². The SMILES string of the molecule is C(#CC12c3ccccc3C(c3ccccc31)c1ccccc12)c1cc2ccc3cc(C#CC45c6ccccc6C(c6ccccc64)c4ccccc45)cc4ccc(c1)c2c34. The van der Waals surface area contributed by atoms with Crippen molar-refractivity contribution in [3.8, 4) is 23.7 Å². The molecule has 0 saturated carbocycles. The van der Waals surface area contributed by atoms with Gasteiger partial charge in [0.1, 0.15) is 10.8 Å². The average Bonchev–Trinajstić information content (AvgIpc) is 3.32. The van der Waals surface area contributed by atoms with Crippen molar-refractivity contribution < 1.29 is 0 Å². The summed E-state index contributed by atoms with van der Waals surface area (Å²) in [6.07, 6.45) is 0. The second-order valence-electron chi connectivity index (χ2n) is 17.1. The number of hydrogen-bond acceptors (Lipinski definition) is 0. The Labute approximate surface area is 349 Å². The first kappa shape index (κ1) is 32.3. The van der Waals surface area contributed by atoms with Crippen molar-refractivity contribution in [1.82, 2.24) is 0 Å². The topological polar surface area (TPSA) is 0 Å². The summed E-state index contributed by atoms with van der Waals surface area (Å²) in [7, 11) is 0. The van der Waals surface area contributed by atoms with Crippen molar-refractivity contribution in [3.05, 3.63) is 272 Å². The zero-order valence-electron chi connectivity index (χ0n) is 32.6. The molecule has 0 unspecified atom stereocenters. The van der Waals surface area contributed by atoms with E-state index < -0.39 is 10.8 Å². The van der Waals surface area contributed by atoms with E-state index >= 15 is 0 Å². The van der Waals surface area contributed by atoms with Crippen molar-refractivity contribution in [2.75, 3.05) is 0 Å². The molecule has 0 atom stereocenters. The maximum atomic E-state index is 3.96. The normalized spacial score (nSPS) is 20.5. The van der Waals surface area contributed by atoms with Crippen LogP contribution in [-0.4, -0.2) is 0 Å². The lowest BCUT2D eigenvalue weighted by Gasteiger charge is -2.48. The Kier molecular flexibility index (Phi) is 6.20. The van der Waals surface area contributed by atoms with Gasteiger partial charge in [-0.15, -0.1) is 0 Å². The molecule has 6 aliphatic carbocycles. The molecule has 0 radical (unpaired) electrons. The second kappa shape index (κ2) is 11.5. The van der Waals surface area contributed by atoms with Crippen LogP contribution in [-0.2, 0) is 10.8 Å². The summed E-state index contributed by atoms with van der Waals surface area (Å²) in [5, 5.41) is 7.41. The second-order valence-corrected chi connectivity index (χ2v) is 17.1. The highest BCUT2D eigenvalue weighted by Crippen LogP contribution is 2.60. The molecular weight excluding hydrogens is 721 g/mol. The van der Waals surface area contributed by atoms with Gasteiger partial charge in [-0.25, -0.2) is 0 Å². The fourth-order valence-electron chi connectivity index (χ4n) is 12.1. The summed E-state index contributed by atoms with van der Waals surface area (Å²) in [5.41, 5.74) is 17.1. The Balaban J connectivity index is 0.919. The van der Waals surface area contributed by atoms with E-state index in [4.69, 9.17) is 0 Å². The molecule has 274 valence electrons. The molecule has 10 aromatic carbocycles. The van der Waals surface area contributed by atoms with E-state index in [1.165, 1.54) is 99.1 Å². The van der Waals surface area contributed by atoms with Gasteiger partial charge in [-0.05, 0) is 123 Å². The minimum absolute atomic E-state index is 0.230. The first-order chi connectivity index (χ1) is 29.7. The smallest absolute Gasteiger partial charge is 0.0765 e. The molecule has 0 aromatic heterocycles. The molecule has 0 heteroatoms. The predicted octanol–water partition coefficient (Wildman–Crippen LogP) is 13.0. The largest absolute Gasteiger partial charge is 0.107 e. The molecule has 16 rings (SSSR count). The maximum absolute atomic E-state index is 3.96. The molecule has 0 N–H and O–H groups in total. The molecule has 6 aliphatic rings. The van der Waals surface area contributed by atoms with Gasteiger partial charge in [0.2, 0.25) is 0 Å². The maximum Gasteiger partial charge on any atom is 0.107 e. The number of benzene rings is 10. The van der Waals surface area contributed by atoms with Crippen molar-refractivity contribution in [2.45, 2.75) is 22.7 Å². The van der Waals surface area contributed by atoms with Crippen LogP contribution < -0.4 is 0 Å². The third-order valence-corrected chi connectivity index (χ3v) is 14.4. The number of hydrogen-bond donors (Lipinski definition) is 0. The molecule has 0 amide bonds. The van der Waals surface area contributed by atoms with Gasteiger partial charge in [0.15, 0.2) is 0 Å². The Bertz CT molecular complexity index is 3110. The fraction of sp³-hybridized carbons (Fsp3) is 0.0667. The summed E-state index contributed by atoms with van der Waals surface area (Å²) in [4.78, 5) is 0. The predicted molar refractivity (Wildman–Crippen MR) is 244 cm³/mol. The number of rotatable bonds is 0. The standard InChI is InChI=1S/C60H34/c1-7-19-49-43(13-1)57-44-14-2-8-20-50(44)59(49,51-21-9-3-15-45(51)57)31-29-37-33-39-25-27-41-35-38(36-42-28-26-40(34-37)55(39)56(41)42)30-32-60-52-22-10-4-16-46(52)58(47-17-5-11-23-53(47)60)48-18-6-12-24-54(48)60/h1-28,33-36,57-58H. The van der Waals surface area contributed by atoms with Gasteiger partial charge < -0.3 is 0 Å². The van der Waals surface area contributed by atoms with Crippen LogP contribution in [0.2, 0.25) is 0 Å². The molecule has 0 heterocycles. The first-order valence-corrected chi connectivity index (χ1v) is 21.1. The summed E-state index contributed by atoms with van der Waals surface area (Å²) >= 11 is 0. The van der Waals surface area contributed by atoms with E-state index in [0.717, 1.165) is 11.1 Å². The van der Waals surface area contributed by atoms with Crippen LogP contribution in [0, 0.1) is 23.7 Å². The van der Waals surface area contributed by atoms with Crippen LogP contribution in [0.4, 0.5) is 0 Å². The minimum atomic E-state index is -0.544. The van der Waals surface area contributed by atoms with Gasteiger partial charge in [-0.2, -0.15) is 0 Å². The molecule has 0 saturated heterocycles. The van der Waals surface area contributed by atoms with E-state index in [-0.39, 0.29) is 11.8 Å². The first-order valence-electron chi connectivity index (χ1n) is 21.1. The highest BCUT2D eigenvalue weighted by atomic mass is 14.5. The summed E-state index contributed by atoms with van der Waals surface area (Å²) in [6.45, 7) is 0. The summed E-state index contributed by atoms with van der Waals surface area (Å²) in [6, 6.07) is 72.1. The molecule has 60 heavy (non-hydrogen) atoms. The highest BCUT2D eigenvalue weighted by Gasteiger charge is 2.52. The van der Waals surface area contributed by atoms with Crippen molar-refractivity contribution in [3.63, 3.8) is 0 Å². The zero-order chi connectivity index (χ0) is 39.2. The Hall–Kier alpha value is -7.64. The zero-order valence-corrected chi connectivity index (χ0v) is 32.6. The van der Waals surface area contributed by atoms with E-state index in [2.05, 4.69) is 218 Å². The van der Waals surface area contributed by atoms with Crippen LogP contribution in [0.15, 0.2) is 194 Å². The Morgan fingerprint density at radius 2 is 0.517 bits per heavy atom. The molecule has 10 aromatic rings. The van der Waals surface area contributed by atoms with Crippen LogP contribution in [0.3, 0.4) is 0 Å². The van der Waals surface area contributed by atoms with Gasteiger partial charge in [0.25, 0.3) is 0 Å². The third kappa shape index (κ3) is 3.94. The quantitative estimate of drug-likeness (QED) is 0.107. The minimum Gasteiger partial charge on any atom is -0.0765 e. The lowest BCUT2D eigenvalue weighted by Crippen LogP contribution is -2.41. The van der Waals surface area contributed by atoms with Crippen molar-refractivity contribution in [1.29, 1.82) is 0 Å². The Morgan fingerprint density at radius 1 is 0.283 bits per heavy atom. The van der Waals surface area contributed by atoms with Gasteiger partial charge in [-0.3, -0.25) is 0 Å². The van der Waals surface area contributed by atoms with Gasteiger partial charge in [-0.1, -0.05) is 194 Å². The lowest BCUT2D eigenvalue weighted by atomic mass is 9.53. The van der Waals surface area contributed by atoms with E-state index in [1.807, 2.05) is 0 Å². The van der Waals surface area contributed by atoms with E-state index in [0.29, 0.717) is 0 Å². The van der Waals surface area contributed by atoms with Crippen LogP contribution >= 0.6 is 0 Å². The molecule has 4 bridgehead atoms. The molecule has 0 aliphatic heterocycles. The average molecular weight is 755 g/mol. The van der Waals surface area contributed by atoms with Crippen LogP contribution in [0.25, 0.3) is 32.3 Å². The fourth-order valence-corrected chi connectivity index (χ4v) is 12.1. The monoisotopic (exact) mass is 754 g/mol. The van der Waals surface area contributed by atoms with Crippen LogP contribution in [0.1, 0.15) is 89.7 Å². The van der Waals surface area contributed by atoms with Gasteiger partial charge in [0.05, 0.1) is 0 Å². The van der Waals surface area contributed by atoms with Gasteiger partial charge >= 0.3 is 0 Å². The molecule has 0 spiro atoms. The molecular formula is C60H34. The highest BCUT2D eigenvalue weighted by molar-refractivity contribution is 6.23. The van der Waals surface area contributed by atoms with Crippen LogP contribution in [0.5, 0.6) is 0 Å². The molecule has 0 fully saturated rings. The third-order valence-electron chi connectivity index (χ3n) is 14.4. The van der Waals surface area contributed by atoms with Crippen molar-refractivity contribution >= 4 is 32.3 Å². The molecule has 0 nitrogen and oxygen atoms in total. The van der Waals surface area contributed by atoms with E-state index in [9.17, 15) is 0 Å². The summed E-state index contributed by atoms with van der Waals surface area (Å²) < 4.78 is 0. The van der Waals surface area contributed by atoms with Crippen molar-refractivity contribution in [2.24, 2.45) is 0 Å². The van der Waals surface area contributed by atoms with Gasteiger partial charge in [0, 0.05) is 23.0 Å². The lowest BCUT2D eigenvalue weighted by molar-refractivity contribution is 0.666.